The van der Waals surface area contributed by atoms with Crippen LogP contribution in [0.2, 0.25) is 0 Å². The number of anilines is 1. The van der Waals surface area contributed by atoms with Crippen molar-refractivity contribution in [2.45, 2.75) is 31.6 Å². The second-order valence-corrected chi connectivity index (χ2v) is 5.52. The summed E-state index contributed by atoms with van der Waals surface area (Å²) in [6.07, 6.45) is 4.43. The Labute approximate surface area is 128 Å². The molecule has 2 aromatic rings. The molecule has 114 valence electrons. The number of para-hydroxylation sites is 1. The average Bonchev–Trinajstić information content (AvgIpc) is 3.03. The molecule has 0 unspecified atom stereocenters. The summed E-state index contributed by atoms with van der Waals surface area (Å²) in [7, 11) is 0. The summed E-state index contributed by atoms with van der Waals surface area (Å²) in [6.45, 7) is 0. The topological polar surface area (TPSA) is 85.4 Å². The van der Waals surface area contributed by atoms with E-state index in [1.54, 1.807) is 6.07 Å². The van der Waals surface area contributed by atoms with Gasteiger partial charge in [0.2, 0.25) is 5.88 Å². The first-order valence-corrected chi connectivity index (χ1v) is 7.42. The number of carbonyl (C=O) groups is 1. The Hall–Kier alpha value is -2.56. The molecule has 0 spiro atoms. The monoisotopic (exact) mass is 298 g/mol. The third-order valence-electron chi connectivity index (χ3n) is 4.00. The van der Waals surface area contributed by atoms with Crippen molar-refractivity contribution in [3.63, 3.8) is 0 Å². The maximum absolute atomic E-state index is 11.3. The minimum atomic E-state index is -1.15. The van der Waals surface area contributed by atoms with Crippen LogP contribution < -0.4 is 10.5 Å². The van der Waals surface area contributed by atoms with Gasteiger partial charge in [-0.05, 0) is 37.0 Å². The zero-order valence-corrected chi connectivity index (χ0v) is 12.2. The molecule has 0 saturated heterocycles. The van der Waals surface area contributed by atoms with E-state index >= 15 is 0 Å². The predicted octanol–water partition coefficient (Wildman–Crippen LogP) is 3.81. The van der Waals surface area contributed by atoms with Crippen LogP contribution in [-0.4, -0.2) is 16.1 Å². The molecule has 1 aliphatic rings. The number of hydrogen-bond donors (Lipinski definition) is 2. The summed E-state index contributed by atoms with van der Waals surface area (Å²) < 4.78 is 5.84. The third kappa shape index (κ3) is 2.88. The molecule has 3 N–H and O–H groups in total. The van der Waals surface area contributed by atoms with Crippen molar-refractivity contribution in [3.05, 3.63) is 47.7 Å². The lowest BCUT2D eigenvalue weighted by Crippen LogP contribution is -2.10. The van der Waals surface area contributed by atoms with Gasteiger partial charge in [0.15, 0.2) is 5.69 Å². The number of pyridine rings is 1. The van der Waals surface area contributed by atoms with Crippen LogP contribution in [0, 0.1) is 0 Å². The molecule has 0 atom stereocenters. The van der Waals surface area contributed by atoms with Crippen LogP contribution in [0.15, 0.2) is 36.4 Å². The maximum Gasteiger partial charge on any atom is 0.356 e. The number of aromatic nitrogens is 1. The van der Waals surface area contributed by atoms with E-state index in [0.29, 0.717) is 17.5 Å². The van der Waals surface area contributed by atoms with E-state index in [4.69, 9.17) is 10.5 Å². The second kappa shape index (κ2) is 6.05. The van der Waals surface area contributed by atoms with E-state index < -0.39 is 5.97 Å². The highest BCUT2D eigenvalue weighted by Gasteiger charge is 2.25. The van der Waals surface area contributed by atoms with Crippen molar-refractivity contribution in [2.75, 3.05) is 5.73 Å². The lowest BCUT2D eigenvalue weighted by molar-refractivity contribution is 0.0691. The molecule has 0 radical (unpaired) electrons. The number of nitrogens with two attached hydrogens (primary N) is 1. The molecule has 3 rings (SSSR count). The Balaban J connectivity index is 2.03. The highest BCUT2D eigenvalue weighted by Crippen LogP contribution is 2.40. The Morgan fingerprint density at radius 2 is 1.91 bits per heavy atom. The molecular formula is C17H18N2O3. The summed E-state index contributed by atoms with van der Waals surface area (Å²) >= 11 is 0. The van der Waals surface area contributed by atoms with Crippen molar-refractivity contribution in [1.29, 1.82) is 0 Å². The third-order valence-corrected chi connectivity index (χ3v) is 4.00. The minimum Gasteiger partial charge on any atom is -0.476 e. The maximum atomic E-state index is 11.3. The lowest BCUT2D eigenvalue weighted by atomic mass is 9.98. The number of nitrogens with zero attached hydrogens (tertiary/aromatic N) is 1. The Morgan fingerprint density at radius 3 is 2.55 bits per heavy atom. The number of benzene rings is 1. The Bertz CT molecular complexity index is 680. The van der Waals surface area contributed by atoms with Crippen LogP contribution in [0.25, 0.3) is 0 Å². The van der Waals surface area contributed by atoms with Crippen molar-refractivity contribution in [1.82, 2.24) is 4.98 Å². The van der Waals surface area contributed by atoms with Crippen LogP contribution in [0.5, 0.6) is 11.6 Å². The zero-order valence-electron chi connectivity index (χ0n) is 12.2. The number of carboxylic acid groups (broad SMARTS) is 1. The molecular weight excluding hydrogens is 280 g/mol. The van der Waals surface area contributed by atoms with Gasteiger partial charge in [-0.3, -0.25) is 0 Å². The van der Waals surface area contributed by atoms with E-state index in [9.17, 15) is 9.90 Å². The Kier molecular flexibility index (Phi) is 3.96. The summed E-state index contributed by atoms with van der Waals surface area (Å²) in [4.78, 5) is 15.4. The van der Waals surface area contributed by atoms with Crippen LogP contribution >= 0.6 is 0 Å². The lowest BCUT2D eigenvalue weighted by Gasteiger charge is -2.16. The predicted molar refractivity (Wildman–Crippen MR) is 83.3 cm³/mol. The van der Waals surface area contributed by atoms with E-state index in [0.717, 1.165) is 31.2 Å². The molecule has 1 fully saturated rings. The van der Waals surface area contributed by atoms with Crippen molar-refractivity contribution in [3.8, 4) is 11.6 Å². The Morgan fingerprint density at radius 1 is 1.23 bits per heavy atom. The number of nitrogen functional groups attached to an aromatic ring is 1. The van der Waals surface area contributed by atoms with Gasteiger partial charge >= 0.3 is 5.97 Å². The van der Waals surface area contributed by atoms with Crippen molar-refractivity contribution < 1.29 is 14.6 Å². The molecule has 22 heavy (non-hydrogen) atoms. The van der Waals surface area contributed by atoms with Gasteiger partial charge in [0.05, 0.1) is 5.69 Å². The molecule has 5 nitrogen and oxygen atoms in total. The van der Waals surface area contributed by atoms with Crippen LogP contribution in [0.1, 0.15) is 47.7 Å². The number of rotatable bonds is 4. The van der Waals surface area contributed by atoms with Gasteiger partial charge in [-0.2, -0.15) is 0 Å². The molecule has 0 aliphatic heterocycles. The summed E-state index contributed by atoms with van der Waals surface area (Å²) in [5.41, 5.74) is 6.79. The molecule has 1 aliphatic carbocycles. The molecule has 0 amide bonds. The fourth-order valence-corrected chi connectivity index (χ4v) is 2.91. The van der Waals surface area contributed by atoms with Crippen molar-refractivity contribution >= 4 is 11.7 Å². The number of hydrogen-bond acceptors (Lipinski definition) is 4. The minimum absolute atomic E-state index is 0.160. The first-order chi connectivity index (χ1) is 10.6. The van der Waals surface area contributed by atoms with E-state index in [1.165, 1.54) is 0 Å². The fourth-order valence-electron chi connectivity index (χ4n) is 2.91. The van der Waals surface area contributed by atoms with Gasteiger partial charge in [-0.1, -0.05) is 31.0 Å². The molecule has 1 heterocycles. The molecule has 1 saturated carbocycles. The van der Waals surface area contributed by atoms with Gasteiger partial charge in [-0.25, -0.2) is 9.78 Å². The highest BCUT2D eigenvalue weighted by molar-refractivity contribution is 5.91. The normalized spacial score (nSPS) is 14.9. The van der Waals surface area contributed by atoms with Gasteiger partial charge in [0.1, 0.15) is 5.75 Å². The van der Waals surface area contributed by atoms with Crippen LogP contribution in [0.3, 0.4) is 0 Å². The summed E-state index contributed by atoms with van der Waals surface area (Å²) in [5, 5.41) is 9.21. The van der Waals surface area contributed by atoms with Gasteiger partial charge in [-0.15, -0.1) is 0 Å². The summed E-state index contributed by atoms with van der Waals surface area (Å²) in [5.74, 6) is 0.171. The first-order valence-electron chi connectivity index (χ1n) is 7.42. The average molecular weight is 298 g/mol. The second-order valence-electron chi connectivity index (χ2n) is 5.52. The fraction of sp³-hybridized carbons (Fsp3) is 0.294. The molecule has 0 bridgehead atoms. The van der Waals surface area contributed by atoms with E-state index in [2.05, 4.69) is 4.98 Å². The SMILES string of the molecule is Nc1cc(C2CCCC2)c(Oc2ccccc2)nc1C(=O)O. The number of aromatic carboxylic acids is 1. The first kappa shape index (κ1) is 14.4. The van der Waals surface area contributed by atoms with Crippen molar-refractivity contribution in [2.24, 2.45) is 0 Å². The number of carboxylic acids is 1. The smallest absolute Gasteiger partial charge is 0.356 e. The molecule has 1 aromatic carbocycles. The zero-order chi connectivity index (χ0) is 15.5. The van der Waals surface area contributed by atoms with E-state index in [1.807, 2.05) is 30.3 Å². The summed E-state index contributed by atoms with van der Waals surface area (Å²) in [6, 6.07) is 11.0. The van der Waals surface area contributed by atoms with E-state index in [-0.39, 0.29) is 11.4 Å². The molecule has 5 heteroatoms. The van der Waals surface area contributed by atoms with Gasteiger partial charge < -0.3 is 15.6 Å². The largest absolute Gasteiger partial charge is 0.476 e. The van der Waals surface area contributed by atoms with Gasteiger partial charge in [0.25, 0.3) is 0 Å². The number of ether oxygens (including phenoxy) is 1. The highest BCUT2D eigenvalue weighted by atomic mass is 16.5. The standard InChI is InChI=1S/C17H18N2O3/c18-14-10-13(11-6-4-5-7-11)16(19-15(14)17(20)21)22-12-8-2-1-3-9-12/h1-3,8-11H,4-7,18H2,(H,20,21). The molecule has 1 aromatic heterocycles. The van der Waals surface area contributed by atoms with Crippen LogP contribution in [-0.2, 0) is 0 Å². The van der Waals surface area contributed by atoms with Gasteiger partial charge in [0, 0.05) is 5.56 Å². The van der Waals surface area contributed by atoms with Crippen LogP contribution in [0.4, 0.5) is 5.69 Å². The quantitative estimate of drug-likeness (QED) is 0.896.